The molecule has 0 fully saturated rings. The van der Waals surface area contributed by atoms with Crippen LogP contribution in [0.2, 0.25) is 0 Å². The Bertz CT molecular complexity index is 3860. The minimum atomic E-state index is -2.86. The van der Waals surface area contributed by atoms with Crippen LogP contribution in [-0.2, 0) is 0 Å². The van der Waals surface area contributed by atoms with Crippen molar-refractivity contribution in [1.29, 1.82) is 0 Å². The third-order valence-corrected chi connectivity index (χ3v) is 19.5. The van der Waals surface area contributed by atoms with Crippen molar-refractivity contribution in [3.8, 4) is 51.0 Å². The van der Waals surface area contributed by atoms with Crippen molar-refractivity contribution in [2.24, 2.45) is 0 Å². The van der Waals surface area contributed by atoms with Gasteiger partial charge in [0.2, 0.25) is 0 Å². The summed E-state index contributed by atoms with van der Waals surface area (Å²) in [6.45, 7) is 0. The van der Waals surface area contributed by atoms with Crippen molar-refractivity contribution in [2.45, 2.75) is 0 Å². The lowest BCUT2D eigenvalue weighted by atomic mass is 10.0. The summed E-state index contributed by atoms with van der Waals surface area (Å²) in [5.41, 5.74) is 8.34. The van der Waals surface area contributed by atoms with E-state index in [0.29, 0.717) is 17.5 Å². The lowest BCUT2D eigenvalue weighted by Crippen LogP contribution is -2.74. The van der Waals surface area contributed by atoms with Gasteiger partial charge in [-0.15, -0.1) is 11.3 Å². The number of thiophene rings is 1. The van der Waals surface area contributed by atoms with E-state index in [1.807, 2.05) is 11.3 Å². The van der Waals surface area contributed by atoms with Gasteiger partial charge in [0.05, 0.1) is 16.7 Å². The average Bonchev–Trinajstić information content (AvgIpc) is 3.97. The van der Waals surface area contributed by atoms with Crippen molar-refractivity contribution < 1.29 is 0 Å². The summed E-state index contributed by atoms with van der Waals surface area (Å²) in [5.74, 6) is 1.83. The molecule has 0 radical (unpaired) electrons. The van der Waals surface area contributed by atoms with Gasteiger partial charge in [-0.2, -0.15) is 0 Å². The topological polar surface area (TPSA) is 43.6 Å². The zero-order valence-corrected chi connectivity index (χ0v) is 39.3. The second kappa shape index (κ2) is 17.0. The SMILES string of the molecule is c1ccc([Si](c2ccccc2)(c2ccccc2)c2cccc(-c3nc(-c4ccc(-c5ccc6c(c5)sc5ccccc56)cc4)nc(-c4ccccc4-n4c5ccccc5c5ccccc54)n3)c2)cc1. The molecule has 0 spiro atoms. The average molecular weight is 915 g/mol. The van der Waals surface area contributed by atoms with Crippen molar-refractivity contribution in [3.05, 3.63) is 255 Å². The molecule has 0 aliphatic heterocycles. The minimum Gasteiger partial charge on any atom is -0.309 e. The first kappa shape index (κ1) is 40.7. The van der Waals surface area contributed by atoms with Crippen LogP contribution in [0.25, 0.3) is 93.0 Å². The van der Waals surface area contributed by atoms with E-state index in [9.17, 15) is 0 Å². The van der Waals surface area contributed by atoms with E-state index >= 15 is 0 Å². The van der Waals surface area contributed by atoms with Crippen molar-refractivity contribution >= 4 is 82.1 Å². The molecule has 0 aliphatic rings. The Morgan fingerprint density at radius 2 is 0.783 bits per heavy atom. The summed E-state index contributed by atoms with van der Waals surface area (Å²) in [5, 5.41) is 10.2. The molecule has 13 aromatic rings. The molecule has 0 N–H and O–H groups in total. The monoisotopic (exact) mass is 914 g/mol. The molecule has 0 saturated carbocycles. The molecular formula is C63H42N4SSi. The Labute approximate surface area is 405 Å². The smallest absolute Gasteiger partial charge is 0.179 e. The van der Waals surface area contributed by atoms with E-state index < -0.39 is 8.07 Å². The maximum atomic E-state index is 5.46. The number of benzene rings is 10. The first-order chi connectivity index (χ1) is 34.2. The zero-order valence-electron chi connectivity index (χ0n) is 37.4. The predicted molar refractivity (Wildman–Crippen MR) is 292 cm³/mol. The Balaban J connectivity index is 1.01. The van der Waals surface area contributed by atoms with E-state index in [2.05, 4.69) is 259 Å². The number of para-hydroxylation sites is 3. The largest absolute Gasteiger partial charge is 0.309 e. The van der Waals surface area contributed by atoms with Crippen LogP contribution in [0, 0.1) is 0 Å². The highest BCUT2D eigenvalue weighted by atomic mass is 32.1. The van der Waals surface area contributed by atoms with Crippen LogP contribution >= 0.6 is 11.3 Å². The van der Waals surface area contributed by atoms with E-state index in [1.54, 1.807) is 0 Å². The van der Waals surface area contributed by atoms with E-state index in [-0.39, 0.29) is 0 Å². The predicted octanol–water partition coefficient (Wildman–Crippen LogP) is 13.4. The van der Waals surface area contributed by atoms with Gasteiger partial charge in [0.15, 0.2) is 25.5 Å². The number of aromatic nitrogens is 4. The Morgan fingerprint density at radius 1 is 0.304 bits per heavy atom. The first-order valence-corrected chi connectivity index (χ1v) is 26.2. The maximum Gasteiger partial charge on any atom is 0.179 e. The number of hydrogen-bond donors (Lipinski definition) is 0. The van der Waals surface area contributed by atoms with Crippen LogP contribution < -0.4 is 20.7 Å². The van der Waals surface area contributed by atoms with Crippen molar-refractivity contribution in [1.82, 2.24) is 19.5 Å². The molecule has 3 aromatic heterocycles. The van der Waals surface area contributed by atoms with Crippen molar-refractivity contribution in [3.63, 3.8) is 0 Å². The first-order valence-electron chi connectivity index (χ1n) is 23.3. The summed E-state index contributed by atoms with van der Waals surface area (Å²) in [4.78, 5) is 16.2. The van der Waals surface area contributed by atoms with Crippen LogP contribution in [0.4, 0.5) is 0 Å². The lowest BCUT2D eigenvalue weighted by Gasteiger charge is -2.34. The lowest BCUT2D eigenvalue weighted by molar-refractivity contribution is 1.06. The van der Waals surface area contributed by atoms with Crippen molar-refractivity contribution in [2.75, 3.05) is 0 Å². The highest BCUT2D eigenvalue weighted by Gasteiger charge is 2.41. The number of nitrogens with zero attached hydrogens (tertiary/aromatic N) is 4. The Hall–Kier alpha value is -8.55. The summed E-state index contributed by atoms with van der Waals surface area (Å²) in [6.07, 6.45) is 0. The zero-order chi connectivity index (χ0) is 45.7. The molecule has 69 heavy (non-hydrogen) atoms. The van der Waals surface area contributed by atoms with Crippen LogP contribution in [0.15, 0.2) is 255 Å². The minimum absolute atomic E-state index is 0.606. The highest BCUT2D eigenvalue weighted by Crippen LogP contribution is 2.38. The Kier molecular flexibility index (Phi) is 10.00. The summed E-state index contributed by atoms with van der Waals surface area (Å²) < 4.78 is 4.94. The quantitative estimate of drug-likeness (QED) is 0.107. The molecule has 0 unspecified atom stereocenters. The fourth-order valence-electron chi connectivity index (χ4n) is 10.5. The molecule has 0 bridgehead atoms. The molecule has 0 aliphatic carbocycles. The number of rotatable bonds is 9. The van der Waals surface area contributed by atoms with Gasteiger partial charge in [-0.1, -0.05) is 218 Å². The number of hydrogen-bond acceptors (Lipinski definition) is 4. The van der Waals surface area contributed by atoms with E-state index in [1.165, 1.54) is 57.3 Å². The normalized spacial score (nSPS) is 11.8. The molecule has 13 rings (SSSR count). The fraction of sp³-hybridized carbons (Fsp3) is 0. The number of fused-ring (bicyclic) bond motifs is 6. The van der Waals surface area contributed by atoms with Gasteiger partial charge >= 0.3 is 0 Å². The standard InChI is InChI=1S/C63H42N4SSi/c1-4-20-47(21-5-1)69(48-22-6-2-7-23-48,49-24-8-3-9-25-49)50-26-18-19-46(41-50)62-64-61(44-37-35-43(36-38-44)45-39-40-54-53-29-13-17-34-59(53)68-60(54)42-45)65-63(66-62)55-30-12-16-33-58(55)67-56-31-14-10-27-51(56)52-28-11-15-32-57(52)67/h1-42H. The molecule has 324 valence electrons. The van der Waals surface area contributed by atoms with E-state index in [4.69, 9.17) is 15.0 Å². The van der Waals surface area contributed by atoms with Gasteiger partial charge in [-0.3, -0.25) is 0 Å². The summed E-state index contributed by atoms with van der Waals surface area (Å²) in [6, 6.07) is 92.0. The second-order valence-corrected chi connectivity index (χ2v) is 22.4. The van der Waals surface area contributed by atoms with Gasteiger partial charge in [0.25, 0.3) is 0 Å². The molecule has 3 heterocycles. The maximum absolute atomic E-state index is 5.46. The molecule has 10 aromatic carbocycles. The van der Waals surface area contributed by atoms with Crippen LogP contribution in [0.3, 0.4) is 0 Å². The third-order valence-electron chi connectivity index (χ3n) is 13.6. The third kappa shape index (κ3) is 6.91. The fourth-order valence-corrected chi connectivity index (χ4v) is 16.4. The summed E-state index contributed by atoms with van der Waals surface area (Å²) in [7, 11) is -2.86. The van der Waals surface area contributed by atoms with Crippen LogP contribution in [0.5, 0.6) is 0 Å². The van der Waals surface area contributed by atoms with Gasteiger partial charge in [-0.25, -0.2) is 15.0 Å². The van der Waals surface area contributed by atoms with Crippen LogP contribution in [0.1, 0.15) is 0 Å². The molecule has 0 saturated heterocycles. The molecule has 4 nitrogen and oxygen atoms in total. The van der Waals surface area contributed by atoms with Gasteiger partial charge < -0.3 is 4.57 Å². The van der Waals surface area contributed by atoms with Gasteiger partial charge in [0, 0.05) is 47.6 Å². The second-order valence-electron chi connectivity index (χ2n) is 17.5. The van der Waals surface area contributed by atoms with Gasteiger partial charge in [0.1, 0.15) is 0 Å². The summed E-state index contributed by atoms with van der Waals surface area (Å²) >= 11 is 1.84. The van der Waals surface area contributed by atoms with Gasteiger partial charge in [-0.05, 0) is 68.3 Å². The Morgan fingerprint density at radius 3 is 1.43 bits per heavy atom. The molecule has 0 amide bonds. The molecule has 6 heteroatoms. The highest BCUT2D eigenvalue weighted by molar-refractivity contribution is 7.25. The molecular weight excluding hydrogens is 873 g/mol. The van der Waals surface area contributed by atoms with Crippen LogP contribution in [-0.4, -0.2) is 27.6 Å². The molecule has 0 atom stereocenters. The van der Waals surface area contributed by atoms with E-state index in [0.717, 1.165) is 39.0 Å².